The van der Waals surface area contributed by atoms with Gasteiger partial charge in [-0.05, 0) is 6.92 Å². The van der Waals surface area contributed by atoms with E-state index in [1.54, 1.807) is 0 Å². The van der Waals surface area contributed by atoms with E-state index in [2.05, 4.69) is 6.92 Å². The summed E-state index contributed by atoms with van der Waals surface area (Å²) in [5.41, 5.74) is -2.50. The fourth-order valence-electron chi connectivity index (χ4n) is 0.0357. The normalized spacial score (nSPS) is 12.0. The third-order valence-corrected chi connectivity index (χ3v) is 0.479. The molecule has 0 spiro atoms. The van der Waals surface area contributed by atoms with Crippen molar-refractivity contribution in [2.24, 2.45) is 0 Å². The van der Waals surface area contributed by atoms with Crippen molar-refractivity contribution < 1.29 is 13.2 Å². The second-order valence-electron chi connectivity index (χ2n) is 1.42. The largest absolute Gasteiger partial charge is 0.247 e. The average molecular weight is 111 g/mol. The highest BCUT2D eigenvalue weighted by Gasteiger charge is 2.22. The van der Waals surface area contributed by atoms with Gasteiger partial charge in [0.1, 0.15) is 13.3 Å². The maximum atomic E-state index is 11.7. The molecule has 0 rings (SSSR count). The summed E-state index contributed by atoms with van der Waals surface area (Å²) in [6, 6.07) is 0. The zero-order valence-electron chi connectivity index (χ0n) is 3.76. The number of alkyl halides is 3. The van der Waals surface area contributed by atoms with E-state index in [0.717, 1.165) is 0 Å². The zero-order valence-corrected chi connectivity index (χ0v) is 3.76. The molecule has 0 aromatic rings. The Hall–Kier alpha value is -0.210. The lowest BCUT2D eigenvalue weighted by Crippen LogP contribution is -2.23. The molecule has 0 aromatic carbocycles. The van der Waals surface area contributed by atoms with Crippen LogP contribution in [0.5, 0.6) is 0 Å². The minimum absolute atomic E-state index is 1.36. The van der Waals surface area contributed by atoms with Crippen molar-refractivity contribution in [3.63, 3.8) is 0 Å². The van der Waals surface area contributed by atoms with Crippen molar-refractivity contribution in [3.05, 3.63) is 6.92 Å². The molecule has 1 radical (unpaired) electrons. The molecule has 0 aliphatic rings. The predicted octanol–water partition coefficient (Wildman–Crippen LogP) is 1.47. The first kappa shape index (κ1) is 6.79. The fraction of sp³-hybridized carbons (Fsp3) is 0.750. The summed E-state index contributed by atoms with van der Waals surface area (Å²) in [4.78, 5) is 0. The fourth-order valence-corrected chi connectivity index (χ4v) is 0.0357. The first-order valence-corrected chi connectivity index (χ1v) is 1.78. The second kappa shape index (κ2) is 2.19. The lowest BCUT2D eigenvalue weighted by atomic mass is 10.2. The van der Waals surface area contributed by atoms with E-state index < -0.39 is 19.0 Å². The van der Waals surface area contributed by atoms with Crippen molar-refractivity contribution in [2.75, 3.05) is 13.3 Å². The van der Waals surface area contributed by atoms with Gasteiger partial charge in [-0.3, -0.25) is 0 Å². The van der Waals surface area contributed by atoms with Gasteiger partial charge in [0.2, 0.25) is 0 Å². The number of halogens is 3. The molecular weight excluding hydrogens is 105 g/mol. The Morgan fingerprint density at radius 1 is 1.29 bits per heavy atom. The second-order valence-corrected chi connectivity index (χ2v) is 1.42. The molecule has 0 heterocycles. The van der Waals surface area contributed by atoms with Crippen molar-refractivity contribution in [3.8, 4) is 0 Å². The van der Waals surface area contributed by atoms with Crippen LogP contribution in [0.25, 0.3) is 0 Å². The molecule has 0 bridgehead atoms. The van der Waals surface area contributed by atoms with Gasteiger partial charge in [-0.25, -0.2) is 13.2 Å². The topological polar surface area (TPSA) is 0 Å². The van der Waals surface area contributed by atoms with Crippen LogP contribution in [0.4, 0.5) is 13.2 Å². The molecular formula is C4H6F3. The Kier molecular flexibility index (Phi) is 2.12. The number of rotatable bonds is 2. The van der Waals surface area contributed by atoms with Crippen molar-refractivity contribution >= 4 is 0 Å². The zero-order chi connectivity index (χ0) is 5.91. The lowest BCUT2D eigenvalue weighted by molar-refractivity contribution is 0.133. The third kappa shape index (κ3) is 2.48. The number of hydrogen-bond acceptors (Lipinski definition) is 0. The molecule has 0 atom stereocenters. The van der Waals surface area contributed by atoms with Gasteiger partial charge in [-0.1, -0.05) is 0 Å². The van der Waals surface area contributed by atoms with Crippen molar-refractivity contribution in [2.45, 2.75) is 5.67 Å². The maximum Gasteiger partial charge on any atom is 0.167 e. The molecule has 0 saturated carbocycles. The highest BCUT2D eigenvalue weighted by Crippen LogP contribution is 2.09. The Morgan fingerprint density at radius 3 is 1.57 bits per heavy atom. The monoisotopic (exact) mass is 111 g/mol. The van der Waals surface area contributed by atoms with Gasteiger partial charge in [0.15, 0.2) is 5.67 Å². The van der Waals surface area contributed by atoms with Gasteiger partial charge < -0.3 is 0 Å². The van der Waals surface area contributed by atoms with Crippen LogP contribution >= 0.6 is 0 Å². The van der Waals surface area contributed by atoms with Gasteiger partial charge in [0.05, 0.1) is 0 Å². The van der Waals surface area contributed by atoms with Crippen LogP contribution in [-0.2, 0) is 0 Å². The van der Waals surface area contributed by atoms with E-state index in [4.69, 9.17) is 0 Å². The molecule has 0 saturated heterocycles. The minimum Gasteiger partial charge on any atom is -0.247 e. The van der Waals surface area contributed by atoms with Crippen LogP contribution in [-0.4, -0.2) is 19.0 Å². The first-order chi connectivity index (χ1) is 3.12. The minimum atomic E-state index is -2.50. The van der Waals surface area contributed by atoms with Gasteiger partial charge in [-0.2, -0.15) is 0 Å². The molecule has 0 fully saturated rings. The van der Waals surface area contributed by atoms with E-state index in [-0.39, 0.29) is 0 Å². The molecule has 0 unspecified atom stereocenters. The molecule has 43 valence electrons. The summed E-state index contributed by atoms with van der Waals surface area (Å²) in [6.07, 6.45) is 0. The van der Waals surface area contributed by atoms with Crippen LogP contribution in [0, 0.1) is 6.92 Å². The average Bonchev–Trinajstić information content (AvgIpc) is 1.68. The number of hydrogen-bond donors (Lipinski definition) is 0. The Bertz CT molecular complexity index is 44.9. The van der Waals surface area contributed by atoms with Crippen LogP contribution < -0.4 is 0 Å². The standard InChI is InChI=1S/C4H6F3/c1-4(7,2-5)3-6/h1-3H2. The molecule has 0 amide bonds. The molecule has 0 nitrogen and oxygen atoms in total. The molecule has 0 aromatic heterocycles. The molecule has 3 heteroatoms. The van der Waals surface area contributed by atoms with E-state index >= 15 is 0 Å². The molecule has 7 heavy (non-hydrogen) atoms. The quantitative estimate of drug-likeness (QED) is 0.506. The van der Waals surface area contributed by atoms with Crippen molar-refractivity contribution in [1.29, 1.82) is 0 Å². The summed E-state index contributed by atoms with van der Waals surface area (Å²) in [5.74, 6) is 0. The highest BCUT2D eigenvalue weighted by atomic mass is 19.2. The summed E-state index contributed by atoms with van der Waals surface area (Å²) in [6.45, 7) is -0.125. The first-order valence-electron chi connectivity index (χ1n) is 1.78. The third-order valence-electron chi connectivity index (χ3n) is 0.479. The molecule has 0 aliphatic carbocycles. The Morgan fingerprint density at radius 2 is 1.57 bits per heavy atom. The molecule has 0 N–H and O–H groups in total. The SMILES string of the molecule is [CH2]C(F)(CF)CF. The van der Waals surface area contributed by atoms with E-state index in [1.165, 1.54) is 0 Å². The summed E-state index contributed by atoms with van der Waals surface area (Å²) in [7, 11) is 0. The smallest absolute Gasteiger partial charge is 0.167 e. The van der Waals surface area contributed by atoms with Gasteiger partial charge >= 0.3 is 0 Å². The summed E-state index contributed by atoms with van der Waals surface area (Å²) in [5, 5.41) is 0. The summed E-state index contributed by atoms with van der Waals surface area (Å²) >= 11 is 0. The maximum absolute atomic E-state index is 11.7. The van der Waals surface area contributed by atoms with Gasteiger partial charge in [0, 0.05) is 0 Å². The van der Waals surface area contributed by atoms with Crippen LogP contribution in [0.1, 0.15) is 0 Å². The van der Waals surface area contributed by atoms with Crippen molar-refractivity contribution in [1.82, 2.24) is 0 Å². The summed E-state index contributed by atoms with van der Waals surface area (Å²) < 4.78 is 33.9. The molecule has 0 aliphatic heterocycles. The highest BCUT2D eigenvalue weighted by molar-refractivity contribution is 4.79. The van der Waals surface area contributed by atoms with E-state index in [9.17, 15) is 13.2 Å². The lowest BCUT2D eigenvalue weighted by Gasteiger charge is -2.07. The van der Waals surface area contributed by atoms with Crippen LogP contribution in [0.15, 0.2) is 0 Å². The van der Waals surface area contributed by atoms with Gasteiger partial charge in [-0.15, -0.1) is 0 Å². The van der Waals surface area contributed by atoms with E-state index in [0.29, 0.717) is 0 Å². The van der Waals surface area contributed by atoms with Gasteiger partial charge in [0.25, 0.3) is 0 Å². The van der Waals surface area contributed by atoms with Crippen LogP contribution in [0.3, 0.4) is 0 Å². The van der Waals surface area contributed by atoms with E-state index in [1.807, 2.05) is 0 Å². The Balaban J connectivity index is 3.36. The predicted molar refractivity (Wildman–Crippen MR) is 21.1 cm³/mol. The Labute approximate surface area is 40.3 Å². The van der Waals surface area contributed by atoms with Crippen LogP contribution in [0.2, 0.25) is 0 Å².